The number of esters is 1. The molecule has 1 aliphatic rings. The molecule has 0 amide bonds. The maximum absolute atomic E-state index is 14.6. The molecule has 0 saturated carbocycles. The summed E-state index contributed by atoms with van der Waals surface area (Å²) in [4.78, 5) is 11.5. The molecule has 2 rings (SSSR count). The smallest absolute Gasteiger partial charge is 0.493 e. The van der Waals surface area contributed by atoms with Crippen LogP contribution in [0.25, 0.3) is 0 Å². The Morgan fingerprint density at radius 2 is 1.79 bits per heavy atom. The predicted molar refractivity (Wildman–Crippen MR) is 89.0 cm³/mol. The number of ether oxygens (including phenoxy) is 2. The van der Waals surface area contributed by atoms with Crippen LogP contribution in [0, 0.1) is 5.82 Å². The number of rotatable bonds is 5. The van der Waals surface area contributed by atoms with Crippen LogP contribution in [0.3, 0.4) is 0 Å². The lowest BCUT2D eigenvalue weighted by Gasteiger charge is -2.32. The van der Waals surface area contributed by atoms with Crippen molar-refractivity contribution in [3.05, 3.63) is 23.5 Å². The molecule has 1 saturated heterocycles. The Kier molecular flexibility index (Phi) is 5.25. The predicted octanol–water partition coefficient (Wildman–Crippen LogP) is 2.24. The average molecular weight is 338 g/mol. The molecule has 0 N–H and O–H groups in total. The lowest BCUT2D eigenvalue weighted by Crippen LogP contribution is -2.41. The number of benzene rings is 1. The standard InChI is InChI=1S/C17H24BFO5/c1-7-22-14-9-11(8-13(19)12(14)10-15(20)21-6)18-23-16(2,3)17(4,5)24-18/h8-9H,7,10H2,1-6H3. The second-order valence-corrected chi connectivity index (χ2v) is 6.75. The van der Waals surface area contributed by atoms with Crippen LogP contribution < -0.4 is 10.2 Å². The fourth-order valence-corrected chi connectivity index (χ4v) is 2.42. The molecule has 1 heterocycles. The number of hydrogen-bond acceptors (Lipinski definition) is 5. The largest absolute Gasteiger partial charge is 0.495 e. The summed E-state index contributed by atoms with van der Waals surface area (Å²) in [7, 11) is 0.565. The van der Waals surface area contributed by atoms with Crippen LogP contribution in [0.1, 0.15) is 40.2 Å². The molecule has 24 heavy (non-hydrogen) atoms. The first-order valence-corrected chi connectivity index (χ1v) is 7.99. The molecule has 5 nitrogen and oxygen atoms in total. The van der Waals surface area contributed by atoms with Crippen molar-refractivity contribution in [1.29, 1.82) is 0 Å². The van der Waals surface area contributed by atoms with Crippen molar-refractivity contribution in [2.75, 3.05) is 13.7 Å². The minimum Gasteiger partial charge on any atom is -0.493 e. The van der Waals surface area contributed by atoms with Crippen molar-refractivity contribution in [2.45, 2.75) is 52.2 Å². The van der Waals surface area contributed by atoms with Gasteiger partial charge in [-0.25, -0.2) is 4.39 Å². The molecule has 0 unspecified atom stereocenters. The molecule has 0 spiro atoms. The van der Waals surface area contributed by atoms with Crippen molar-refractivity contribution in [3.63, 3.8) is 0 Å². The zero-order valence-electron chi connectivity index (χ0n) is 15.1. The van der Waals surface area contributed by atoms with E-state index in [1.165, 1.54) is 13.2 Å². The van der Waals surface area contributed by atoms with Gasteiger partial charge in [-0.05, 0) is 52.2 Å². The maximum Gasteiger partial charge on any atom is 0.495 e. The van der Waals surface area contributed by atoms with Gasteiger partial charge < -0.3 is 18.8 Å². The highest BCUT2D eigenvalue weighted by Crippen LogP contribution is 2.37. The minimum absolute atomic E-state index is 0.170. The molecule has 1 aliphatic heterocycles. The van der Waals surface area contributed by atoms with Gasteiger partial charge in [-0.3, -0.25) is 4.79 Å². The van der Waals surface area contributed by atoms with Gasteiger partial charge in [-0.1, -0.05) is 0 Å². The Labute approximate surface area is 142 Å². The summed E-state index contributed by atoms with van der Waals surface area (Å²) in [6.07, 6.45) is -0.193. The van der Waals surface area contributed by atoms with Crippen LogP contribution in [0.4, 0.5) is 4.39 Å². The van der Waals surface area contributed by atoms with E-state index in [0.29, 0.717) is 17.8 Å². The SMILES string of the molecule is CCOc1cc(B2OC(C)(C)C(C)(C)O2)cc(F)c1CC(=O)OC. The zero-order chi connectivity index (χ0) is 18.1. The molecule has 7 heteroatoms. The van der Waals surface area contributed by atoms with Gasteiger partial charge >= 0.3 is 13.1 Å². The van der Waals surface area contributed by atoms with Gasteiger partial charge in [-0.15, -0.1) is 0 Å². The monoisotopic (exact) mass is 338 g/mol. The fraction of sp³-hybridized carbons (Fsp3) is 0.588. The first-order chi connectivity index (χ1) is 11.1. The number of methoxy groups -OCH3 is 1. The Hall–Kier alpha value is -1.60. The highest BCUT2D eigenvalue weighted by Gasteiger charge is 2.52. The number of carbonyl (C=O) groups excluding carboxylic acids is 1. The van der Waals surface area contributed by atoms with Crippen LogP contribution in [-0.4, -0.2) is 38.0 Å². The minimum atomic E-state index is -0.698. The first kappa shape index (κ1) is 18.7. The summed E-state index contributed by atoms with van der Waals surface area (Å²) in [5, 5.41) is 0. The van der Waals surface area contributed by atoms with Crippen LogP contribution in [-0.2, 0) is 25.3 Å². The molecular formula is C17H24BFO5. The van der Waals surface area contributed by atoms with Gasteiger partial charge in [-0.2, -0.15) is 0 Å². The molecule has 1 aromatic carbocycles. The number of hydrogen-bond donors (Lipinski definition) is 0. The van der Waals surface area contributed by atoms with Crippen LogP contribution in [0.5, 0.6) is 5.75 Å². The third kappa shape index (κ3) is 3.57. The average Bonchev–Trinajstić information content (AvgIpc) is 2.70. The summed E-state index contributed by atoms with van der Waals surface area (Å²) < 4.78 is 36.6. The van der Waals surface area contributed by atoms with Crippen LogP contribution in [0.15, 0.2) is 12.1 Å². The van der Waals surface area contributed by atoms with E-state index in [1.54, 1.807) is 13.0 Å². The lowest BCUT2D eigenvalue weighted by molar-refractivity contribution is -0.139. The molecular weight excluding hydrogens is 314 g/mol. The molecule has 0 aromatic heterocycles. The fourth-order valence-electron chi connectivity index (χ4n) is 2.42. The van der Waals surface area contributed by atoms with E-state index in [0.717, 1.165) is 0 Å². The van der Waals surface area contributed by atoms with E-state index in [1.807, 2.05) is 27.7 Å². The second kappa shape index (κ2) is 6.72. The van der Waals surface area contributed by atoms with E-state index >= 15 is 0 Å². The van der Waals surface area contributed by atoms with E-state index in [2.05, 4.69) is 4.74 Å². The summed E-state index contributed by atoms with van der Waals surface area (Å²) in [5.41, 5.74) is -0.359. The third-order valence-corrected chi connectivity index (χ3v) is 4.55. The van der Waals surface area contributed by atoms with Crippen LogP contribution in [0.2, 0.25) is 0 Å². The zero-order valence-corrected chi connectivity index (χ0v) is 15.1. The molecule has 0 atom stereocenters. The molecule has 0 bridgehead atoms. The van der Waals surface area contributed by atoms with Gasteiger partial charge in [0, 0.05) is 5.56 Å². The first-order valence-electron chi connectivity index (χ1n) is 7.99. The van der Waals surface area contributed by atoms with Crippen LogP contribution >= 0.6 is 0 Å². The van der Waals surface area contributed by atoms with Crippen molar-refractivity contribution in [1.82, 2.24) is 0 Å². The Balaban J connectivity index is 2.38. The van der Waals surface area contributed by atoms with Crippen molar-refractivity contribution >= 4 is 18.6 Å². The topological polar surface area (TPSA) is 54.0 Å². The molecule has 132 valence electrons. The van der Waals surface area contributed by atoms with Crippen molar-refractivity contribution in [2.24, 2.45) is 0 Å². The highest BCUT2D eigenvalue weighted by atomic mass is 19.1. The highest BCUT2D eigenvalue weighted by molar-refractivity contribution is 6.62. The van der Waals surface area contributed by atoms with Crippen molar-refractivity contribution < 1.29 is 28.0 Å². The van der Waals surface area contributed by atoms with E-state index < -0.39 is 30.1 Å². The van der Waals surface area contributed by atoms with Gasteiger partial charge in [0.2, 0.25) is 0 Å². The van der Waals surface area contributed by atoms with Gasteiger partial charge in [0.1, 0.15) is 11.6 Å². The summed E-state index contributed by atoms with van der Waals surface area (Å²) >= 11 is 0. The normalized spacial score (nSPS) is 18.5. The summed E-state index contributed by atoms with van der Waals surface area (Å²) in [5.74, 6) is -0.776. The maximum atomic E-state index is 14.6. The Morgan fingerprint density at radius 1 is 1.21 bits per heavy atom. The Bertz CT molecular complexity index is 614. The van der Waals surface area contributed by atoms with Crippen molar-refractivity contribution in [3.8, 4) is 5.75 Å². The van der Waals surface area contributed by atoms with E-state index in [4.69, 9.17) is 14.0 Å². The van der Waals surface area contributed by atoms with E-state index in [9.17, 15) is 9.18 Å². The van der Waals surface area contributed by atoms with Gasteiger partial charge in [0.25, 0.3) is 0 Å². The quantitative estimate of drug-likeness (QED) is 0.609. The molecule has 1 aromatic rings. The summed E-state index contributed by atoms with van der Waals surface area (Å²) in [6.45, 7) is 9.86. The Morgan fingerprint density at radius 3 is 2.29 bits per heavy atom. The molecule has 0 aliphatic carbocycles. The van der Waals surface area contributed by atoms with Gasteiger partial charge in [0.15, 0.2) is 0 Å². The third-order valence-electron chi connectivity index (χ3n) is 4.55. The number of carbonyl (C=O) groups is 1. The molecule has 1 fully saturated rings. The van der Waals surface area contributed by atoms with E-state index in [-0.39, 0.29) is 12.0 Å². The second-order valence-electron chi connectivity index (χ2n) is 6.75. The van der Waals surface area contributed by atoms with Gasteiger partial charge in [0.05, 0.1) is 31.3 Å². The summed E-state index contributed by atoms with van der Waals surface area (Å²) in [6, 6.07) is 2.98. The lowest BCUT2D eigenvalue weighted by atomic mass is 9.78. The molecule has 0 radical (unpaired) electrons. The number of halogens is 1.